The first kappa shape index (κ1) is 12.9. The van der Waals surface area contributed by atoms with E-state index < -0.39 is 0 Å². The topological polar surface area (TPSA) is 32.3 Å². The molecule has 13 heavy (non-hydrogen) atoms. The monoisotopic (exact) mass is 187 g/mol. The summed E-state index contributed by atoms with van der Waals surface area (Å²) < 4.78 is 0. The molecule has 0 amide bonds. The molecule has 2 heteroatoms. The van der Waals surface area contributed by atoms with Gasteiger partial charge in [0, 0.05) is 12.6 Å². The van der Waals surface area contributed by atoms with Crippen molar-refractivity contribution in [3.8, 4) is 0 Å². The number of nitrogens with one attached hydrogen (secondary N) is 1. The quantitative estimate of drug-likeness (QED) is 0.611. The van der Waals surface area contributed by atoms with Crippen molar-refractivity contribution in [2.24, 2.45) is 0 Å². The van der Waals surface area contributed by atoms with Gasteiger partial charge in [0.15, 0.2) is 0 Å². The molecule has 2 unspecified atom stereocenters. The molecular formula is C11H25NO. The highest BCUT2D eigenvalue weighted by Crippen LogP contribution is 2.06. The Bertz CT molecular complexity index is 104. The van der Waals surface area contributed by atoms with Gasteiger partial charge >= 0.3 is 0 Å². The van der Waals surface area contributed by atoms with Gasteiger partial charge in [-0.15, -0.1) is 0 Å². The summed E-state index contributed by atoms with van der Waals surface area (Å²) in [7, 11) is 0. The Morgan fingerprint density at radius 1 is 1.15 bits per heavy atom. The average molecular weight is 187 g/mol. The minimum Gasteiger partial charge on any atom is -0.392 e. The van der Waals surface area contributed by atoms with Crippen LogP contribution in [0, 0.1) is 0 Å². The van der Waals surface area contributed by atoms with Gasteiger partial charge in [0.25, 0.3) is 0 Å². The Morgan fingerprint density at radius 2 is 1.85 bits per heavy atom. The predicted molar refractivity (Wildman–Crippen MR) is 57.9 cm³/mol. The van der Waals surface area contributed by atoms with Crippen LogP contribution < -0.4 is 5.32 Å². The summed E-state index contributed by atoms with van der Waals surface area (Å²) in [5.74, 6) is 0. The SMILES string of the molecule is CCCCC(CCC)NCC(C)O. The van der Waals surface area contributed by atoms with Crippen molar-refractivity contribution in [3.63, 3.8) is 0 Å². The lowest BCUT2D eigenvalue weighted by molar-refractivity contribution is 0.183. The maximum absolute atomic E-state index is 9.13. The van der Waals surface area contributed by atoms with E-state index in [2.05, 4.69) is 19.2 Å². The maximum Gasteiger partial charge on any atom is 0.0636 e. The molecule has 0 aromatic rings. The molecule has 0 aliphatic heterocycles. The van der Waals surface area contributed by atoms with E-state index in [-0.39, 0.29) is 6.10 Å². The largest absolute Gasteiger partial charge is 0.392 e. The van der Waals surface area contributed by atoms with E-state index >= 15 is 0 Å². The molecule has 2 nitrogen and oxygen atoms in total. The zero-order chi connectivity index (χ0) is 10.1. The van der Waals surface area contributed by atoms with Crippen molar-refractivity contribution in [1.82, 2.24) is 5.32 Å². The minimum absolute atomic E-state index is 0.221. The third-order valence-electron chi connectivity index (χ3n) is 2.25. The van der Waals surface area contributed by atoms with E-state index in [1.54, 1.807) is 0 Å². The van der Waals surface area contributed by atoms with E-state index in [1.165, 1.54) is 32.1 Å². The number of rotatable bonds is 8. The molecule has 2 N–H and O–H groups in total. The van der Waals surface area contributed by atoms with Crippen LogP contribution in [0.15, 0.2) is 0 Å². The predicted octanol–water partition coefficient (Wildman–Crippen LogP) is 2.32. The number of unbranched alkanes of at least 4 members (excludes halogenated alkanes) is 1. The number of aliphatic hydroxyl groups is 1. The molecule has 0 aliphatic rings. The Hall–Kier alpha value is -0.0800. The van der Waals surface area contributed by atoms with Crippen LogP contribution in [0.3, 0.4) is 0 Å². The van der Waals surface area contributed by atoms with E-state index in [0.29, 0.717) is 6.04 Å². The second-order valence-electron chi connectivity index (χ2n) is 3.89. The second-order valence-corrected chi connectivity index (χ2v) is 3.89. The van der Waals surface area contributed by atoms with E-state index in [1.807, 2.05) is 6.92 Å². The molecule has 2 atom stereocenters. The van der Waals surface area contributed by atoms with E-state index in [4.69, 9.17) is 5.11 Å². The zero-order valence-corrected chi connectivity index (χ0v) is 9.34. The average Bonchev–Trinajstić information content (AvgIpc) is 2.09. The van der Waals surface area contributed by atoms with Crippen LogP contribution in [0.4, 0.5) is 0 Å². The molecule has 0 aromatic carbocycles. The lowest BCUT2D eigenvalue weighted by Gasteiger charge is -2.18. The van der Waals surface area contributed by atoms with Crippen molar-refractivity contribution in [2.45, 2.75) is 65.0 Å². The molecular weight excluding hydrogens is 162 g/mol. The van der Waals surface area contributed by atoms with Gasteiger partial charge < -0.3 is 10.4 Å². The molecule has 0 aromatic heterocycles. The third-order valence-corrected chi connectivity index (χ3v) is 2.25. The lowest BCUT2D eigenvalue weighted by atomic mass is 10.1. The van der Waals surface area contributed by atoms with Gasteiger partial charge in [-0.25, -0.2) is 0 Å². The molecule has 0 saturated carbocycles. The molecule has 0 saturated heterocycles. The van der Waals surface area contributed by atoms with Gasteiger partial charge in [-0.3, -0.25) is 0 Å². The molecule has 0 spiro atoms. The maximum atomic E-state index is 9.13. The number of hydrogen-bond acceptors (Lipinski definition) is 2. The van der Waals surface area contributed by atoms with Crippen molar-refractivity contribution in [2.75, 3.05) is 6.54 Å². The highest BCUT2D eigenvalue weighted by atomic mass is 16.3. The summed E-state index contributed by atoms with van der Waals surface area (Å²) in [6, 6.07) is 0.611. The summed E-state index contributed by atoms with van der Waals surface area (Å²) >= 11 is 0. The summed E-state index contributed by atoms with van der Waals surface area (Å²) in [5.41, 5.74) is 0. The smallest absolute Gasteiger partial charge is 0.0636 e. The Labute approximate surface area is 82.7 Å². The Morgan fingerprint density at radius 3 is 2.31 bits per heavy atom. The fourth-order valence-corrected chi connectivity index (χ4v) is 1.48. The zero-order valence-electron chi connectivity index (χ0n) is 9.34. The van der Waals surface area contributed by atoms with Crippen LogP contribution in [0.5, 0.6) is 0 Å². The van der Waals surface area contributed by atoms with Gasteiger partial charge in [-0.1, -0.05) is 33.1 Å². The van der Waals surface area contributed by atoms with Crippen molar-refractivity contribution in [1.29, 1.82) is 0 Å². The normalized spacial score (nSPS) is 15.7. The highest BCUT2D eigenvalue weighted by Gasteiger charge is 2.06. The van der Waals surface area contributed by atoms with Crippen LogP contribution in [0.1, 0.15) is 52.9 Å². The highest BCUT2D eigenvalue weighted by molar-refractivity contribution is 4.67. The molecule has 0 rings (SSSR count). The second kappa shape index (κ2) is 8.52. The molecule has 0 fully saturated rings. The van der Waals surface area contributed by atoms with Gasteiger partial charge in [-0.05, 0) is 19.8 Å². The first-order valence-corrected chi connectivity index (χ1v) is 5.62. The molecule has 0 bridgehead atoms. The van der Waals surface area contributed by atoms with Gasteiger partial charge in [-0.2, -0.15) is 0 Å². The third kappa shape index (κ3) is 8.26. The fourth-order valence-electron chi connectivity index (χ4n) is 1.48. The van der Waals surface area contributed by atoms with Crippen LogP contribution in [-0.4, -0.2) is 23.8 Å². The number of aliphatic hydroxyl groups excluding tert-OH is 1. The number of hydrogen-bond donors (Lipinski definition) is 2. The van der Waals surface area contributed by atoms with Crippen molar-refractivity contribution >= 4 is 0 Å². The van der Waals surface area contributed by atoms with Gasteiger partial charge in [0.05, 0.1) is 6.10 Å². The Balaban J connectivity index is 3.53. The van der Waals surface area contributed by atoms with Gasteiger partial charge in [0.2, 0.25) is 0 Å². The standard InChI is InChI=1S/C11H25NO/c1-4-6-8-11(7-5-2)12-9-10(3)13/h10-13H,4-9H2,1-3H3. The van der Waals surface area contributed by atoms with Crippen LogP contribution in [-0.2, 0) is 0 Å². The summed E-state index contributed by atoms with van der Waals surface area (Å²) in [5, 5.41) is 12.5. The fraction of sp³-hybridized carbons (Fsp3) is 1.00. The lowest BCUT2D eigenvalue weighted by Crippen LogP contribution is -2.34. The van der Waals surface area contributed by atoms with E-state index in [0.717, 1.165) is 6.54 Å². The van der Waals surface area contributed by atoms with Crippen LogP contribution in [0.2, 0.25) is 0 Å². The van der Waals surface area contributed by atoms with Crippen molar-refractivity contribution < 1.29 is 5.11 Å². The van der Waals surface area contributed by atoms with E-state index in [9.17, 15) is 0 Å². The first-order valence-electron chi connectivity index (χ1n) is 5.62. The molecule has 0 radical (unpaired) electrons. The molecule has 80 valence electrons. The molecule has 0 aliphatic carbocycles. The Kier molecular flexibility index (Phi) is 8.46. The van der Waals surface area contributed by atoms with Crippen LogP contribution >= 0.6 is 0 Å². The minimum atomic E-state index is -0.221. The van der Waals surface area contributed by atoms with Crippen LogP contribution in [0.25, 0.3) is 0 Å². The van der Waals surface area contributed by atoms with Crippen molar-refractivity contribution in [3.05, 3.63) is 0 Å². The summed E-state index contributed by atoms with van der Waals surface area (Å²) in [4.78, 5) is 0. The molecule has 0 heterocycles. The van der Waals surface area contributed by atoms with Gasteiger partial charge in [0.1, 0.15) is 0 Å². The summed E-state index contributed by atoms with van der Waals surface area (Å²) in [6.07, 6.45) is 6.03. The first-order chi connectivity index (χ1) is 6.20. The summed E-state index contributed by atoms with van der Waals surface area (Å²) in [6.45, 7) is 6.99.